The number of thioether (sulfide) groups is 1. The molecule has 0 aromatic rings. The summed E-state index contributed by atoms with van der Waals surface area (Å²) in [4.78, 5) is 11.0. The zero-order valence-corrected chi connectivity index (χ0v) is 9.66. The predicted octanol–water partition coefficient (Wildman–Crippen LogP) is 2.56. The number of carbonyl (C=O) groups is 1. The summed E-state index contributed by atoms with van der Waals surface area (Å²) in [6.07, 6.45) is -0.895. The highest BCUT2D eigenvalue weighted by Gasteiger charge is 2.31. The third kappa shape index (κ3) is 4.96. The van der Waals surface area contributed by atoms with Gasteiger partial charge in [-0.1, -0.05) is 0 Å². The lowest BCUT2D eigenvalue weighted by atomic mass is 10.3. The third-order valence-electron chi connectivity index (χ3n) is 2.41. The maximum absolute atomic E-state index is 11.7. The highest BCUT2D eigenvalue weighted by atomic mass is 32.2. The summed E-state index contributed by atoms with van der Waals surface area (Å²) in [6.45, 7) is -1.53. The number of nitrogens with one attached hydrogen (secondary N) is 1. The molecule has 0 radical (unpaired) electrons. The van der Waals surface area contributed by atoms with Crippen LogP contribution in [0.15, 0.2) is 0 Å². The molecule has 1 saturated carbocycles. The quantitative estimate of drug-likeness (QED) is 0.844. The van der Waals surface area contributed by atoms with Gasteiger partial charge in [-0.2, -0.15) is 24.9 Å². The first kappa shape index (κ1) is 13.5. The van der Waals surface area contributed by atoms with Crippen LogP contribution in [0.2, 0.25) is 0 Å². The fraction of sp³-hybridized carbons (Fsp3) is 0.889. The molecule has 0 spiro atoms. The number of hydrogen-bond acceptors (Lipinski definition) is 3. The summed E-state index contributed by atoms with van der Waals surface area (Å²) in [6, 6.07) is -0.0572. The molecule has 1 amide bonds. The van der Waals surface area contributed by atoms with Gasteiger partial charge in [-0.25, -0.2) is 4.79 Å². The van der Waals surface area contributed by atoms with E-state index in [4.69, 9.17) is 0 Å². The molecule has 1 aliphatic carbocycles. The Hall–Kier alpha value is -0.590. The molecule has 1 fully saturated rings. The molecule has 2 unspecified atom stereocenters. The summed E-state index contributed by atoms with van der Waals surface area (Å²) >= 11 is 1.71. The Balaban J connectivity index is 2.20. The maximum atomic E-state index is 11.7. The van der Waals surface area contributed by atoms with Crippen LogP contribution in [0.25, 0.3) is 0 Å². The van der Waals surface area contributed by atoms with E-state index >= 15 is 0 Å². The average Bonchev–Trinajstić information content (AvgIpc) is 2.61. The first-order valence-electron chi connectivity index (χ1n) is 4.93. The summed E-state index contributed by atoms with van der Waals surface area (Å²) in [5.41, 5.74) is 0. The van der Waals surface area contributed by atoms with Crippen LogP contribution < -0.4 is 5.32 Å². The number of amides is 1. The van der Waals surface area contributed by atoms with Crippen molar-refractivity contribution in [1.29, 1.82) is 0 Å². The van der Waals surface area contributed by atoms with Crippen molar-refractivity contribution in [2.45, 2.75) is 36.7 Å². The number of ether oxygens (including phenoxy) is 1. The molecule has 1 N–H and O–H groups in total. The Labute approximate surface area is 96.1 Å². The lowest BCUT2D eigenvalue weighted by molar-refractivity contribution is -0.160. The topological polar surface area (TPSA) is 38.3 Å². The molecule has 0 heterocycles. The van der Waals surface area contributed by atoms with Gasteiger partial charge in [0.2, 0.25) is 0 Å². The molecule has 1 aliphatic rings. The van der Waals surface area contributed by atoms with Crippen molar-refractivity contribution in [2.24, 2.45) is 0 Å². The summed E-state index contributed by atoms with van der Waals surface area (Å²) in [7, 11) is 0. The lowest BCUT2D eigenvalue weighted by Crippen LogP contribution is -2.35. The van der Waals surface area contributed by atoms with Crippen LogP contribution >= 0.6 is 11.8 Å². The van der Waals surface area contributed by atoms with E-state index in [-0.39, 0.29) is 6.04 Å². The third-order valence-corrected chi connectivity index (χ3v) is 3.50. The number of rotatable bonds is 3. The second-order valence-electron chi connectivity index (χ2n) is 3.70. The van der Waals surface area contributed by atoms with Crippen molar-refractivity contribution >= 4 is 17.9 Å². The Morgan fingerprint density at radius 2 is 2.19 bits per heavy atom. The van der Waals surface area contributed by atoms with Crippen LogP contribution in [0, 0.1) is 0 Å². The van der Waals surface area contributed by atoms with E-state index < -0.39 is 18.9 Å². The van der Waals surface area contributed by atoms with E-state index in [0.717, 1.165) is 19.3 Å². The predicted molar refractivity (Wildman–Crippen MR) is 55.5 cm³/mol. The number of alkyl carbamates (subject to hydrolysis) is 1. The minimum Gasteiger partial charge on any atom is -0.440 e. The second kappa shape index (κ2) is 5.65. The molecule has 0 aromatic carbocycles. The molecule has 0 saturated heterocycles. The Bertz CT molecular complexity index is 247. The molecule has 0 bridgehead atoms. The summed E-state index contributed by atoms with van der Waals surface area (Å²) < 4.78 is 39.3. The molecule has 2 atom stereocenters. The van der Waals surface area contributed by atoms with Gasteiger partial charge in [0.05, 0.1) is 0 Å². The molecule has 0 aromatic heterocycles. The molecule has 16 heavy (non-hydrogen) atoms. The fourth-order valence-corrected chi connectivity index (χ4v) is 2.44. The van der Waals surface area contributed by atoms with Crippen molar-refractivity contribution in [3.05, 3.63) is 0 Å². The van der Waals surface area contributed by atoms with E-state index in [0.29, 0.717) is 5.25 Å². The minimum absolute atomic E-state index is 0.0572. The van der Waals surface area contributed by atoms with Gasteiger partial charge in [0, 0.05) is 11.3 Å². The van der Waals surface area contributed by atoms with Crippen LogP contribution in [0.4, 0.5) is 18.0 Å². The highest BCUT2D eigenvalue weighted by Crippen LogP contribution is 2.28. The van der Waals surface area contributed by atoms with Crippen LogP contribution in [0.1, 0.15) is 19.3 Å². The molecular weight excluding hydrogens is 243 g/mol. The fourth-order valence-electron chi connectivity index (χ4n) is 1.64. The molecule has 94 valence electrons. The van der Waals surface area contributed by atoms with E-state index in [2.05, 4.69) is 10.1 Å². The number of halogens is 3. The van der Waals surface area contributed by atoms with Gasteiger partial charge in [-0.3, -0.25) is 0 Å². The standard InChI is InChI=1S/C9H14F3NO2S/c1-16-7-3-2-6(4-7)13-8(14)15-5-9(10,11)12/h6-7H,2-5H2,1H3,(H,13,14). The van der Waals surface area contributed by atoms with E-state index in [1.807, 2.05) is 6.26 Å². The number of alkyl halides is 3. The number of hydrogen-bond donors (Lipinski definition) is 1. The molecular formula is C9H14F3NO2S. The van der Waals surface area contributed by atoms with Crippen molar-refractivity contribution in [3.8, 4) is 0 Å². The van der Waals surface area contributed by atoms with Crippen molar-refractivity contribution in [1.82, 2.24) is 5.32 Å². The largest absolute Gasteiger partial charge is 0.440 e. The maximum Gasteiger partial charge on any atom is 0.422 e. The van der Waals surface area contributed by atoms with Gasteiger partial charge < -0.3 is 10.1 Å². The summed E-state index contributed by atoms with van der Waals surface area (Å²) in [5.74, 6) is 0. The van der Waals surface area contributed by atoms with Gasteiger partial charge in [0.15, 0.2) is 6.61 Å². The normalized spacial score (nSPS) is 25.5. The van der Waals surface area contributed by atoms with E-state index in [1.54, 1.807) is 11.8 Å². The Morgan fingerprint density at radius 3 is 2.69 bits per heavy atom. The van der Waals surface area contributed by atoms with Crippen molar-refractivity contribution in [2.75, 3.05) is 12.9 Å². The second-order valence-corrected chi connectivity index (χ2v) is 4.84. The highest BCUT2D eigenvalue weighted by molar-refractivity contribution is 7.99. The van der Waals surface area contributed by atoms with Gasteiger partial charge in [0.1, 0.15) is 0 Å². The van der Waals surface area contributed by atoms with Crippen LogP contribution in [-0.2, 0) is 4.74 Å². The van der Waals surface area contributed by atoms with Crippen LogP contribution in [0.3, 0.4) is 0 Å². The van der Waals surface area contributed by atoms with Crippen molar-refractivity contribution in [3.63, 3.8) is 0 Å². The lowest BCUT2D eigenvalue weighted by Gasteiger charge is -2.13. The van der Waals surface area contributed by atoms with Gasteiger partial charge in [-0.15, -0.1) is 0 Å². The van der Waals surface area contributed by atoms with Crippen molar-refractivity contribution < 1.29 is 22.7 Å². The van der Waals surface area contributed by atoms with E-state index in [9.17, 15) is 18.0 Å². The van der Waals surface area contributed by atoms with Gasteiger partial charge >= 0.3 is 12.3 Å². The monoisotopic (exact) mass is 257 g/mol. The SMILES string of the molecule is CSC1CCC(NC(=O)OCC(F)(F)F)C1. The van der Waals surface area contributed by atoms with Gasteiger partial charge in [0.25, 0.3) is 0 Å². The zero-order chi connectivity index (χ0) is 12.2. The molecule has 7 heteroatoms. The van der Waals surface area contributed by atoms with Crippen LogP contribution in [0.5, 0.6) is 0 Å². The van der Waals surface area contributed by atoms with Gasteiger partial charge in [-0.05, 0) is 25.5 Å². The first-order valence-corrected chi connectivity index (χ1v) is 6.22. The molecule has 0 aliphatic heterocycles. The van der Waals surface area contributed by atoms with Crippen LogP contribution in [-0.4, -0.2) is 36.4 Å². The first-order chi connectivity index (χ1) is 7.40. The zero-order valence-electron chi connectivity index (χ0n) is 8.84. The average molecular weight is 257 g/mol. The Kier molecular flexibility index (Phi) is 4.76. The molecule has 3 nitrogen and oxygen atoms in total. The van der Waals surface area contributed by atoms with E-state index in [1.165, 1.54) is 0 Å². The Morgan fingerprint density at radius 1 is 1.50 bits per heavy atom. The molecule has 1 rings (SSSR count). The number of carbonyl (C=O) groups excluding carboxylic acids is 1. The minimum atomic E-state index is -4.46. The smallest absolute Gasteiger partial charge is 0.422 e. The summed E-state index contributed by atoms with van der Waals surface area (Å²) in [5, 5.41) is 2.92.